The van der Waals surface area contributed by atoms with Crippen molar-refractivity contribution in [1.29, 1.82) is 0 Å². The van der Waals surface area contributed by atoms with Crippen LogP contribution in [0.4, 0.5) is 4.79 Å². The fourth-order valence-corrected chi connectivity index (χ4v) is 16.3. The van der Waals surface area contributed by atoms with Crippen LogP contribution in [0.2, 0.25) is 0 Å². The van der Waals surface area contributed by atoms with E-state index >= 15 is 9.13 Å². The Morgan fingerprint density at radius 3 is 0.946 bits per heavy atom. The van der Waals surface area contributed by atoms with E-state index in [1.165, 1.54) is 41.9 Å². The third-order valence-electron chi connectivity index (χ3n) is 18.6. The first-order chi connectivity index (χ1) is 53.8. The number of hydrogen-bond donors (Lipinski definition) is 4. The molecule has 0 aliphatic carbocycles. The highest BCUT2D eigenvalue weighted by Crippen LogP contribution is 2.53. The number of rotatable bonds is 41. The second-order valence-electron chi connectivity index (χ2n) is 26.9. The molecule has 596 valence electrons. The van der Waals surface area contributed by atoms with Gasteiger partial charge < -0.3 is 96.2 Å². The molecule has 0 aromatic heterocycles. The lowest BCUT2D eigenvalue weighted by molar-refractivity contribution is -0.286. The number of alkyl carbamates (subject to hydrolysis) is 1. The average Bonchev–Trinajstić information content (AvgIpc) is 0.786. The highest BCUT2D eigenvalue weighted by atomic mass is 31.2. The topological polar surface area (TPSA) is 315 Å². The number of ether oxygens (including phenoxy) is 12. The normalized spacial score (nSPS) is 24.9. The lowest BCUT2D eigenvalue weighted by Gasteiger charge is -2.48. The number of nitrogens with one attached hydrogen (secondary N) is 4. The van der Waals surface area contributed by atoms with E-state index in [1.54, 1.807) is 0 Å². The number of benzene rings is 7. The Morgan fingerprint density at radius 2 is 0.631 bits per heavy atom. The molecule has 2 unspecified atom stereocenters. The molecule has 4 amide bonds. The van der Waals surface area contributed by atoms with E-state index in [2.05, 4.69) is 21.3 Å². The predicted octanol–water partition coefficient (Wildman–Crippen LogP) is 10.5. The fraction of sp³-hybridized carbons (Fsp3) is 0.427. The average molecular weight is 1570 g/mol. The van der Waals surface area contributed by atoms with Crippen LogP contribution in [-0.4, -0.2) is 181 Å². The van der Waals surface area contributed by atoms with Gasteiger partial charge in [0.2, 0.25) is 17.7 Å². The molecule has 0 radical (unpaired) electrons. The molecule has 3 aliphatic rings. The van der Waals surface area contributed by atoms with Gasteiger partial charge in [0.1, 0.15) is 74.2 Å². The number of hydrogen-bond acceptors (Lipinski definition) is 23. The van der Waals surface area contributed by atoms with Gasteiger partial charge in [-0.05, 0) is 38.9 Å². The number of esters is 1. The molecule has 0 saturated carbocycles. The van der Waals surface area contributed by atoms with Crippen molar-refractivity contribution < 1.29 is 108 Å². The fourth-order valence-electron chi connectivity index (χ4n) is 13.3. The molecule has 7 aromatic rings. The molecule has 4 N–H and O–H groups in total. The Labute approximate surface area is 647 Å². The molecule has 0 bridgehead atoms. The first kappa shape index (κ1) is 85.0. The lowest BCUT2D eigenvalue weighted by Crippen LogP contribution is -2.66. The monoisotopic (exact) mass is 1570 g/mol. The van der Waals surface area contributed by atoms with Gasteiger partial charge in [-0.25, -0.2) is 4.79 Å². The SMILES string of the molecule is COP(=O)(C[C@H]1O[C@H](COC(C)=O)[C@@H](OCc2ccccc2)[C@H](OCc2ccccc2)[C@@H]1NC(C)=O)OC[C@H]1O[C@H](CP(=O)(OC)OC[C@H]2O[C@H](OCCNC(=O)OCc3ccccc3)[C@@H](NC(C)=O)[C@@H](OCc3ccccc3)[C@@H]2OCc2ccccc2)[C@@H](NC(C)=O)[C@@H](OCc2ccccc2)[C@@H]1OCc1ccccc1. The summed E-state index contributed by atoms with van der Waals surface area (Å²) < 4.78 is 136. The minimum Gasteiger partial charge on any atom is -0.463 e. The van der Waals surface area contributed by atoms with Crippen molar-refractivity contribution in [2.75, 3.05) is 59.5 Å². The Kier molecular flexibility index (Phi) is 33.4. The summed E-state index contributed by atoms with van der Waals surface area (Å²) in [7, 11) is -6.68. The summed E-state index contributed by atoms with van der Waals surface area (Å²) in [4.78, 5) is 66.2. The first-order valence-electron chi connectivity index (χ1n) is 36.8. The van der Waals surface area contributed by atoms with Gasteiger partial charge in [0.25, 0.3) is 0 Å². The molecule has 3 saturated heterocycles. The third kappa shape index (κ3) is 26.6. The summed E-state index contributed by atoms with van der Waals surface area (Å²) >= 11 is 0. The summed E-state index contributed by atoms with van der Waals surface area (Å²) in [6.45, 7) is 3.58. The summed E-state index contributed by atoms with van der Waals surface area (Å²) in [5, 5.41) is 11.7. The zero-order valence-electron chi connectivity index (χ0n) is 63.1. The van der Waals surface area contributed by atoms with Crippen LogP contribution in [0, 0.1) is 0 Å². The van der Waals surface area contributed by atoms with E-state index in [0.29, 0.717) is 0 Å². The number of carbonyl (C=O) groups excluding carboxylic acids is 5. The Balaban J connectivity index is 0.974. The second kappa shape index (κ2) is 43.6. The van der Waals surface area contributed by atoms with Crippen molar-refractivity contribution in [1.82, 2.24) is 21.3 Å². The largest absolute Gasteiger partial charge is 0.463 e. The first-order valence-corrected chi connectivity index (χ1v) is 40.3. The van der Waals surface area contributed by atoms with Crippen LogP contribution in [0.5, 0.6) is 0 Å². The zero-order valence-corrected chi connectivity index (χ0v) is 64.8. The van der Waals surface area contributed by atoms with E-state index in [4.69, 9.17) is 74.9 Å². The van der Waals surface area contributed by atoms with Crippen molar-refractivity contribution in [3.63, 3.8) is 0 Å². The maximum atomic E-state index is 16.0. The number of amides is 4. The Hall–Kier alpha value is -8.41. The minimum atomic E-state index is -4.56. The van der Waals surface area contributed by atoms with E-state index in [-0.39, 0.29) is 66.0 Å². The number of carbonyl (C=O) groups is 5. The van der Waals surface area contributed by atoms with Crippen LogP contribution in [0.1, 0.15) is 66.6 Å². The molecule has 27 nitrogen and oxygen atoms in total. The maximum absolute atomic E-state index is 16.0. The van der Waals surface area contributed by atoms with Gasteiger partial charge >= 0.3 is 27.3 Å². The van der Waals surface area contributed by atoms with Gasteiger partial charge in [-0.3, -0.25) is 28.3 Å². The van der Waals surface area contributed by atoms with Crippen molar-refractivity contribution in [2.45, 2.75) is 166 Å². The highest BCUT2D eigenvalue weighted by Gasteiger charge is 2.55. The Morgan fingerprint density at radius 1 is 0.342 bits per heavy atom. The van der Waals surface area contributed by atoms with Crippen LogP contribution >= 0.6 is 15.2 Å². The predicted molar refractivity (Wildman–Crippen MR) is 407 cm³/mol. The minimum absolute atomic E-state index is 0.00591. The second-order valence-corrected chi connectivity index (χ2v) is 31.3. The summed E-state index contributed by atoms with van der Waals surface area (Å²) in [6.07, 6.45) is -16.1. The lowest BCUT2D eigenvalue weighted by atomic mass is 9.92. The summed E-state index contributed by atoms with van der Waals surface area (Å²) in [6, 6.07) is 61.6. The van der Waals surface area contributed by atoms with Gasteiger partial charge in [0.05, 0.1) is 96.1 Å². The maximum Gasteiger partial charge on any atom is 0.407 e. The van der Waals surface area contributed by atoms with Gasteiger partial charge in [0.15, 0.2) is 6.29 Å². The van der Waals surface area contributed by atoms with Crippen LogP contribution in [0.25, 0.3) is 0 Å². The molecule has 0 spiro atoms. The molecule has 3 heterocycles. The molecular formula is C82H100N4O23P2. The van der Waals surface area contributed by atoms with Crippen molar-refractivity contribution in [3.05, 3.63) is 251 Å². The van der Waals surface area contributed by atoms with E-state index in [0.717, 1.165) is 38.9 Å². The zero-order chi connectivity index (χ0) is 78.4. The molecule has 7 aromatic carbocycles. The molecule has 29 heteroatoms. The molecular weight excluding hydrogens is 1470 g/mol. The van der Waals surface area contributed by atoms with Crippen LogP contribution < -0.4 is 21.3 Å². The van der Waals surface area contributed by atoms with Crippen LogP contribution in [0.3, 0.4) is 0 Å². The standard InChI is InChI=1S/C82H100N4O23P2/c1-56(87)84-72-70(107-67(51-97-59(4)90)75(98-44-60-28-14-7-15-29-60)78(72)101-47-63-34-20-10-21-35-63)54-110(92,94-5)105-52-68-76(99-45-61-30-16-8-17-31-61)79(102-48-64-36-22-11-23-37-64)73(85-57(2)88)71(108-68)55-111(93,95-6)106-53-69-77(100-46-62-32-18-9-19-33-62)80(103-49-65-38-24-12-25-39-65)74(86-58(3)89)81(109-69)96-43-42-83-82(91)104-50-66-40-26-13-27-41-66/h7-41,67-81H,42-55H2,1-6H3,(H,83,91)(H,84,87)(H,85,88)(H,86,89)/t67-,68-,69-,70-,71-,72-,73-,74+,75-,76-,77-,78-,79-,80-,81+,110?,111?/m1/s1. The van der Waals surface area contributed by atoms with Crippen molar-refractivity contribution >= 4 is 45.0 Å². The molecule has 111 heavy (non-hydrogen) atoms. The van der Waals surface area contributed by atoms with E-state index in [9.17, 15) is 24.0 Å². The van der Waals surface area contributed by atoms with Gasteiger partial charge in [-0.15, -0.1) is 0 Å². The van der Waals surface area contributed by atoms with Crippen molar-refractivity contribution in [2.24, 2.45) is 0 Å². The Bertz CT molecular complexity index is 4060. The highest BCUT2D eigenvalue weighted by molar-refractivity contribution is 7.54. The summed E-state index contributed by atoms with van der Waals surface area (Å²) in [5.41, 5.74) is 5.41. The molecule has 3 fully saturated rings. The molecule has 10 rings (SSSR count). The third-order valence-corrected chi connectivity index (χ3v) is 22.4. The smallest absolute Gasteiger partial charge is 0.407 e. The van der Waals surface area contributed by atoms with E-state index in [1.807, 2.05) is 212 Å². The van der Waals surface area contributed by atoms with E-state index < -0.39 is 162 Å². The van der Waals surface area contributed by atoms with Gasteiger partial charge in [-0.2, -0.15) is 0 Å². The summed E-state index contributed by atoms with van der Waals surface area (Å²) in [5.74, 6) is -2.09. The quantitative estimate of drug-likeness (QED) is 0.0157. The van der Waals surface area contributed by atoms with Crippen LogP contribution in [-0.2, 0) is 149 Å². The van der Waals surface area contributed by atoms with Crippen molar-refractivity contribution in [3.8, 4) is 0 Å². The van der Waals surface area contributed by atoms with Crippen LogP contribution in [0.15, 0.2) is 212 Å². The molecule has 17 atom stereocenters. The van der Waals surface area contributed by atoms with Gasteiger partial charge in [-0.1, -0.05) is 212 Å². The molecule has 3 aliphatic heterocycles. The van der Waals surface area contributed by atoms with Gasteiger partial charge in [0, 0.05) is 48.5 Å².